The van der Waals surface area contributed by atoms with Crippen LogP contribution in [0.1, 0.15) is 19.8 Å². The number of carbonyl (C=O) groups excluding carboxylic acids is 1. The number of carbonyl (C=O) groups is 1. The molecule has 0 rings (SSSR count). The maximum atomic E-state index is 12.2. The van der Waals surface area contributed by atoms with Crippen LogP contribution in [-0.2, 0) is 24.5 Å². The number of Topliss-reactive ketones (excluding diaryl/α,β-unsaturated/α-hetero) is 1. The first-order chi connectivity index (χ1) is 8.60. The van der Waals surface area contributed by atoms with Gasteiger partial charge in [0.2, 0.25) is 4.58 Å². The van der Waals surface area contributed by atoms with Gasteiger partial charge in [-0.15, -0.1) is 0 Å². The molecule has 0 amide bonds. The summed E-state index contributed by atoms with van der Waals surface area (Å²) in [5.41, 5.74) is -12.6. The molecule has 0 unspecified atom stereocenters. The van der Waals surface area contributed by atoms with E-state index in [1.807, 2.05) is 0 Å². The van der Waals surface area contributed by atoms with E-state index in [2.05, 4.69) is 0 Å². The number of alkyl halides is 6. The van der Waals surface area contributed by atoms with Crippen LogP contribution in [0.15, 0.2) is 0 Å². The second kappa shape index (κ2) is 5.50. The number of hydrogen-bond acceptors (Lipinski definition) is 5. The zero-order chi connectivity index (χ0) is 16.6. The van der Waals surface area contributed by atoms with E-state index in [-0.39, 0.29) is 6.42 Å². The van der Waals surface area contributed by atoms with Gasteiger partial charge in [-0.05, 0) is 6.42 Å². The lowest BCUT2D eigenvalue weighted by molar-refractivity contribution is -0.118. The lowest BCUT2D eigenvalue weighted by atomic mass is 10.2. The number of hydrogen-bond donors (Lipinski definition) is 0. The number of rotatable bonds is 5. The van der Waals surface area contributed by atoms with Gasteiger partial charge in [-0.3, -0.25) is 4.79 Å². The van der Waals surface area contributed by atoms with Gasteiger partial charge in [-0.2, -0.15) is 26.3 Å². The smallest absolute Gasteiger partial charge is 0.297 e. The molecule has 0 aliphatic carbocycles. The zero-order valence-electron chi connectivity index (χ0n) is 9.62. The highest BCUT2D eigenvalue weighted by Gasteiger charge is 2.65. The van der Waals surface area contributed by atoms with Crippen LogP contribution in [0.2, 0.25) is 0 Å². The molecule has 0 aromatic carbocycles. The molecule has 120 valence electrons. The van der Waals surface area contributed by atoms with Crippen LogP contribution >= 0.6 is 0 Å². The van der Waals surface area contributed by atoms with Crippen molar-refractivity contribution in [3.05, 3.63) is 0 Å². The lowest BCUT2D eigenvalue weighted by Crippen LogP contribution is -2.49. The molecular formula is C7H8F6O5S2. The van der Waals surface area contributed by atoms with Gasteiger partial charge < -0.3 is 0 Å². The monoisotopic (exact) mass is 350 g/mol. The second-order valence-corrected chi connectivity index (χ2v) is 7.88. The highest BCUT2D eigenvalue weighted by atomic mass is 32.3. The van der Waals surface area contributed by atoms with Crippen molar-refractivity contribution in [1.29, 1.82) is 0 Å². The van der Waals surface area contributed by atoms with E-state index in [4.69, 9.17) is 0 Å². The predicted octanol–water partition coefficient (Wildman–Crippen LogP) is 1.55. The maximum Gasteiger partial charge on any atom is 0.499 e. The normalized spacial score (nSPS) is 14.6. The van der Waals surface area contributed by atoms with E-state index in [9.17, 15) is 48.0 Å². The van der Waals surface area contributed by atoms with Crippen molar-refractivity contribution in [1.82, 2.24) is 0 Å². The van der Waals surface area contributed by atoms with Gasteiger partial charge in [0.05, 0.1) is 0 Å². The number of sulfone groups is 2. The predicted molar refractivity (Wildman–Crippen MR) is 53.7 cm³/mol. The minimum atomic E-state index is -6.86. The minimum Gasteiger partial charge on any atom is -0.297 e. The Kier molecular flexibility index (Phi) is 5.27. The minimum absolute atomic E-state index is 0.323. The van der Waals surface area contributed by atoms with E-state index < -0.39 is 47.5 Å². The van der Waals surface area contributed by atoms with Crippen LogP contribution in [-0.4, -0.2) is 38.2 Å². The van der Waals surface area contributed by atoms with Gasteiger partial charge in [0.1, 0.15) is 0 Å². The Morgan fingerprint density at radius 2 is 1.20 bits per heavy atom. The molecule has 0 heterocycles. The summed E-state index contributed by atoms with van der Waals surface area (Å²) >= 11 is 0. The summed E-state index contributed by atoms with van der Waals surface area (Å²) in [7, 11) is -13.7. The first-order valence-electron chi connectivity index (χ1n) is 4.73. The molecule has 0 aliphatic heterocycles. The van der Waals surface area contributed by atoms with Crippen molar-refractivity contribution in [2.45, 2.75) is 35.4 Å². The summed E-state index contributed by atoms with van der Waals surface area (Å²) in [6, 6.07) is 0. The zero-order valence-corrected chi connectivity index (χ0v) is 11.3. The fourth-order valence-electron chi connectivity index (χ4n) is 1.12. The third-order valence-corrected chi connectivity index (χ3v) is 6.43. The summed E-state index contributed by atoms with van der Waals surface area (Å²) in [5.74, 6) is -2.18. The molecule has 5 nitrogen and oxygen atoms in total. The first-order valence-corrected chi connectivity index (χ1v) is 7.83. The fourth-order valence-corrected chi connectivity index (χ4v) is 4.52. The number of ketones is 1. The molecular weight excluding hydrogens is 342 g/mol. The molecule has 13 heteroatoms. The van der Waals surface area contributed by atoms with E-state index in [1.54, 1.807) is 0 Å². The van der Waals surface area contributed by atoms with E-state index in [0.717, 1.165) is 6.92 Å². The van der Waals surface area contributed by atoms with Crippen molar-refractivity contribution < 1.29 is 48.0 Å². The molecule has 0 atom stereocenters. The molecule has 0 N–H and O–H groups in total. The Labute approximate surface area is 109 Å². The molecule has 0 fully saturated rings. The molecule has 0 spiro atoms. The first kappa shape index (κ1) is 19.1. The molecule has 0 saturated heterocycles. The molecule has 0 aromatic rings. The third kappa shape index (κ3) is 3.42. The lowest BCUT2D eigenvalue weighted by Gasteiger charge is -2.19. The average Bonchev–Trinajstić information content (AvgIpc) is 2.12. The molecule has 0 bridgehead atoms. The van der Waals surface area contributed by atoms with Crippen LogP contribution in [0.3, 0.4) is 0 Å². The van der Waals surface area contributed by atoms with Crippen LogP contribution in [0.25, 0.3) is 0 Å². The van der Waals surface area contributed by atoms with Gasteiger partial charge >= 0.3 is 11.0 Å². The van der Waals surface area contributed by atoms with Crippen molar-refractivity contribution in [2.24, 2.45) is 0 Å². The van der Waals surface area contributed by atoms with Gasteiger partial charge in [0.25, 0.3) is 19.7 Å². The summed E-state index contributed by atoms with van der Waals surface area (Å²) in [6.45, 7) is 1.15. The van der Waals surface area contributed by atoms with Crippen molar-refractivity contribution >= 4 is 25.5 Å². The summed E-state index contributed by atoms with van der Waals surface area (Å²) in [6.07, 6.45) is -1.38. The second-order valence-electron chi connectivity index (χ2n) is 3.53. The SMILES string of the molecule is CCCC(=O)C(S(=O)(=O)C(F)(F)F)S(=O)(=O)C(F)(F)F. The Balaban J connectivity index is 6.27. The highest BCUT2D eigenvalue weighted by Crippen LogP contribution is 2.37. The quantitative estimate of drug-likeness (QED) is 0.703. The Morgan fingerprint density at radius 3 is 1.40 bits per heavy atom. The molecule has 20 heavy (non-hydrogen) atoms. The van der Waals surface area contributed by atoms with E-state index in [0.29, 0.717) is 0 Å². The Hall–Kier alpha value is -0.850. The molecule has 0 aliphatic rings. The van der Waals surface area contributed by atoms with Gasteiger partial charge in [0.15, 0.2) is 5.78 Å². The van der Waals surface area contributed by atoms with Crippen molar-refractivity contribution in [2.75, 3.05) is 0 Å². The maximum absolute atomic E-state index is 12.2. The van der Waals surface area contributed by atoms with Crippen molar-refractivity contribution in [3.8, 4) is 0 Å². The van der Waals surface area contributed by atoms with Gasteiger partial charge in [0, 0.05) is 6.42 Å². The van der Waals surface area contributed by atoms with Crippen LogP contribution in [0.4, 0.5) is 26.3 Å². The van der Waals surface area contributed by atoms with Gasteiger partial charge in [-0.1, -0.05) is 6.92 Å². The summed E-state index contributed by atoms with van der Waals surface area (Å²) < 4.78 is 113. The number of halogens is 6. The Bertz CT molecular complexity index is 526. The average molecular weight is 350 g/mol. The van der Waals surface area contributed by atoms with E-state index >= 15 is 0 Å². The molecule has 0 saturated carbocycles. The standard InChI is InChI=1S/C7H8F6O5S2/c1-2-3-4(14)5(19(15,16)6(8,9)10)20(17,18)7(11,12)13/h5H,2-3H2,1H3. The Morgan fingerprint density at radius 1 is 0.900 bits per heavy atom. The highest BCUT2D eigenvalue weighted by molar-refractivity contribution is 8.11. The third-order valence-electron chi connectivity index (χ3n) is 1.97. The van der Waals surface area contributed by atoms with Crippen LogP contribution in [0.5, 0.6) is 0 Å². The largest absolute Gasteiger partial charge is 0.499 e. The van der Waals surface area contributed by atoms with Gasteiger partial charge in [-0.25, -0.2) is 16.8 Å². The summed E-state index contributed by atoms with van der Waals surface area (Å²) in [5, 5.41) is 0. The van der Waals surface area contributed by atoms with Crippen molar-refractivity contribution in [3.63, 3.8) is 0 Å². The summed E-state index contributed by atoms with van der Waals surface area (Å²) in [4.78, 5) is 11.2. The van der Waals surface area contributed by atoms with E-state index in [1.165, 1.54) is 0 Å². The fraction of sp³-hybridized carbons (Fsp3) is 0.857. The molecule has 0 radical (unpaired) electrons. The van der Waals surface area contributed by atoms with Crippen LogP contribution < -0.4 is 0 Å². The topological polar surface area (TPSA) is 85.3 Å². The van der Waals surface area contributed by atoms with Crippen LogP contribution in [0, 0.1) is 0 Å². The molecule has 0 aromatic heterocycles.